The van der Waals surface area contributed by atoms with Gasteiger partial charge in [-0.3, -0.25) is 4.79 Å². The topological polar surface area (TPSA) is 58.6 Å². The van der Waals surface area contributed by atoms with Crippen molar-refractivity contribution in [3.05, 3.63) is 29.6 Å². The first-order chi connectivity index (χ1) is 8.40. The number of aliphatic hydroxyl groups is 1. The van der Waals surface area contributed by atoms with E-state index < -0.39 is 11.9 Å². The number of carbonyl (C=O) groups excluding carboxylic acids is 1. The number of benzene rings is 1. The van der Waals surface area contributed by atoms with E-state index in [1.165, 1.54) is 12.1 Å². The SMILES string of the molecule is CC(C)NC(=O)COc1cc(F)ccc1C(C)O. The molecule has 0 aliphatic carbocycles. The first kappa shape index (κ1) is 14.4. The van der Waals surface area contributed by atoms with E-state index in [0.717, 1.165) is 6.07 Å². The molecule has 0 aliphatic rings. The number of nitrogens with one attached hydrogen (secondary N) is 1. The molecule has 0 saturated heterocycles. The summed E-state index contributed by atoms with van der Waals surface area (Å²) in [5.41, 5.74) is 0.453. The highest BCUT2D eigenvalue weighted by Gasteiger charge is 2.12. The quantitative estimate of drug-likeness (QED) is 0.843. The number of ether oxygens (including phenoxy) is 1. The van der Waals surface area contributed by atoms with Gasteiger partial charge in [0.2, 0.25) is 0 Å². The number of hydrogen-bond acceptors (Lipinski definition) is 3. The van der Waals surface area contributed by atoms with Gasteiger partial charge < -0.3 is 15.2 Å². The molecule has 2 N–H and O–H groups in total. The Morgan fingerprint density at radius 3 is 2.67 bits per heavy atom. The summed E-state index contributed by atoms with van der Waals surface area (Å²) in [6, 6.07) is 3.86. The molecule has 0 saturated carbocycles. The molecule has 0 aromatic heterocycles. The monoisotopic (exact) mass is 255 g/mol. The third kappa shape index (κ3) is 4.33. The molecule has 0 bridgehead atoms. The summed E-state index contributed by atoms with van der Waals surface area (Å²) in [5.74, 6) is -0.576. The van der Waals surface area contributed by atoms with Crippen LogP contribution in [0.1, 0.15) is 32.4 Å². The molecule has 1 aromatic carbocycles. The Kier molecular flexibility index (Phi) is 5.09. The van der Waals surface area contributed by atoms with E-state index in [2.05, 4.69) is 5.32 Å². The average molecular weight is 255 g/mol. The van der Waals surface area contributed by atoms with Gasteiger partial charge in [0.1, 0.15) is 11.6 Å². The van der Waals surface area contributed by atoms with Crippen molar-refractivity contribution in [3.8, 4) is 5.75 Å². The van der Waals surface area contributed by atoms with Crippen LogP contribution in [0.5, 0.6) is 5.75 Å². The van der Waals surface area contributed by atoms with Crippen LogP contribution in [0.4, 0.5) is 4.39 Å². The summed E-state index contributed by atoms with van der Waals surface area (Å²) in [6.45, 7) is 5.01. The van der Waals surface area contributed by atoms with Gasteiger partial charge in [0.05, 0.1) is 6.10 Å². The molecule has 0 fully saturated rings. The Morgan fingerprint density at radius 1 is 1.44 bits per heavy atom. The number of halogens is 1. The lowest BCUT2D eigenvalue weighted by molar-refractivity contribution is -0.123. The van der Waals surface area contributed by atoms with Crippen molar-refractivity contribution in [1.29, 1.82) is 0 Å². The molecule has 0 aliphatic heterocycles. The van der Waals surface area contributed by atoms with E-state index in [1.807, 2.05) is 13.8 Å². The summed E-state index contributed by atoms with van der Waals surface area (Å²) in [4.78, 5) is 11.4. The van der Waals surface area contributed by atoms with Gasteiger partial charge in [-0.2, -0.15) is 0 Å². The van der Waals surface area contributed by atoms with E-state index in [-0.39, 0.29) is 24.3 Å². The van der Waals surface area contributed by atoms with E-state index in [1.54, 1.807) is 6.92 Å². The highest BCUT2D eigenvalue weighted by molar-refractivity contribution is 5.77. The van der Waals surface area contributed by atoms with Crippen LogP contribution in [-0.4, -0.2) is 23.7 Å². The summed E-state index contributed by atoms with van der Waals surface area (Å²) in [6.07, 6.45) is -0.784. The molecule has 0 spiro atoms. The third-order valence-electron chi connectivity index (χ3n) is 2.23. The minimum Gasteiger partial charge on any atom is -0.483 e. The normalized spacial score (nSPS) is 12.3. The fourth-order valence-corrected chi connectivity index (χ4v) is 1.49. The Bertz CT molecular complexity index is 419. The number of aliphatic hydroxyl groups excluding tert-OH is 1. The minimum atomic E-state index is -0.784. The Hall–Kier alpha value is -1.62. The maximum atomic E-state index is 13.1. The zero-order chi connectivity index (χ0) is 13.7. The highest BCUT2D eigenvalue weighted by Crippen LogP contribution is 2.25. The molecule has 1 atom stereocenters. The highest BCUT2D eigenvalue weighted by atomic mass is 19.1. The number of amides is 1. The number of carbonyl (C=O) groups is 1. The van der Waals surface area contributed by atoms with Gasteiger partial charge in [0, 0.05) is 17.7 Å². The fourth-order valence-electron chi connectivity index (χ4n) is 1.49. The molecule has 1 amide bonds. The summed E-state index contributed by atoms with van der Waals surface area (Å²) in [5, 5.41) is 12.2. The van der Waals surface area contributed by atoms with Gasteiger partial charge in [-0.15, -0.1) is 0 Å². The molecule has 18 heavy (non-hydrogen) atoms. The van der Waals surface area contributed by atoms with Crippen molar-refractivity contribution in [2.24, 2.45) is 0 Å². The molecule has 0 radical (unpaired) electrons. The van der Waals surface area contributed by atoms with Crippen molar-refractivity contribution in [2.75, 3.05) is 6.61 Å². The van der Waals surface area contributed by atoms with Gasteiger partial charge in [0.25, 0.3) is 5.91 Å². The van der Waals surface area contributed by atoms with Gasteiger partial charge in [0.15, 0.2) is 6.61 Å². The maximum Gasteiger partial charge on any atom is 0.258 e. The van der Waals surface area contributed by atoms with Crippen LogP contribution in [0.15, 0.2) is 18.2 Å². The van der Waals surface area contributed by atoms with Gasteiger partial charge in [-0.25, -0.2) is 4.39 Å². The van der Waals surface area contributed by atoms with E-state index in [4.69, 9.17) is 4.74 Å². The van der Waals surface area contributed by atoms with Crippen LogP contribution in [0.25, 0.3) is 0 Å². The summed E-state index contributed by atoms with van der Waals surface area (Å²) in [7, 11) is 0. The lowest BCUT2D eigenvalue weighted by Gasteiger charge is -2.14. The van der Waals surface area contributed by atoms with Crippen molar-refractivity contribution >= 4 is 5.91 Å². The first-order valence-electron chi connectivity index (χ1n) is 5.80. The van der Waals surface area contributed by atoms with E-state index in [0.29, 0.717) is 5.56 Å². The molecule has 5 heteroatoms. The summed E-state index contributed by atoms with van der Waals surface area (Å²) >= 11 is 0. The van der Waals surface area contributed by atoms with Crippen molar-refractivity contribution < 1.29 is 19.0 Å². The zero-order valence-electron chi connectivity index (χ0n) is 10.7. The smallest absolute Gasteiger partial charge is 0.258 e. The Balaban J connectivity index is 2.71. The van der Waals surface area contributed by atoms with E-state index >= 15 is 0 Å². The first-order valence-corrected chi connectivity index (χ1v) is 5.80. The van der Waals surface area contributed by atoms with Gasteiger partial charge >= 0.3 is 0 Å². The lowest BCUT2D eigenvalue weighted by atomic mass is 10.1. The molecular weight excluding hydrogens is 237 g/mol. The predicted molar refractivity (Wildman–Crippen MR) is 65.8 cm³/mol. The largest absolute Gasteiger partial charge is 0.483 e. The Morgan fingerprint density at radius 2 is 2.11 bits per heavy atom. The van der Waals surface area contributed by atoms with Crippen molar-refractivity contribution in [1.82, 2.24) is 5.32 Å². The second kappa shape index (κ2) is 6.35. The third-order valence-corrected chi connectivity index (χ3v) is 2.23. The van der Waals surface area contributed by atoms with Gasteiger partial charge in [-0.1, -0.05) is 0 Å². The molecular formula is C13H18FNO3. The minimum absolute atomic E-state index is 0.0184. The average Bonchev–Trinajstić information content (AvgIpc) is 2.25. The van der Waals surface area contributed by atoms with Crippen LogP contribution in [0.2, 0.25) is 0 Å². The lowest BCUT2D eigenvalue weighted by Crippen LogP contribution is -2.34. The maximum absolute atomic E-state index is 13.1. The van der Waals surface area contributed by atoms with Gasteiger partial charge in [-0.05, 0) is 32.9 Å². The van der Waals surface area contributed by atoms with Crippen LogP contribution in [0.3, 0.4) is 0 Å². The van der Waals surface area contributed by atoms with Crippen LogP contribution in [-0.2, 0) is 4.79 Å². The molecule has 4 nitrogen and oxygen atoms in total. The second-order valence-corrected chi connectivity index (χ2v) is 4.37. The fraction of sp³-hybridized carbons (Fsp3) is 0.462. The standard InChI is InChI=1S/C13H18FNO3/c1-8(2)15-13(17)7-18-12-6-10(14)4-5-11(12)9(3)16/h4-6,8-9,16H,7H2,1-3H3,(H,15,17). The van der Waals surface area contributed by atoms with Crippen molar-refractivity contribution in [2.45, 2.75) is 32.9 Å². The number of rotatable bonds is 5. The zero-order valence-corrected chi connectivity index (χ0v) is 10.7. The van der Waals surface area contributed by atoms with Crippen LogP contribution in [0, 0.1) is 5.82 Å². The Labute approximate surface area is 106 Å². The molecule has 0 heterocycles. The van der Waals surface area contributed by atoms with Crippen LogP contribution < -0.4 is 10.1 Å². The number of hydrogen-bond donors (Lipinski definition) is 2. The second-order valence-electron chi connectivity index (χ2n) is 4.37. The molecule has 100 valence electrons. The van der Waals surface area contributed by atoms with E-state index in [9.17, 15) is 14.3 Å². The summed E-state index contributed by atoms with van der Waals surface area (Å²) < 4.78 is 18.3. The van der Waals surface area contributed by atoms with Crippen molar-refractivity contribution in [3.63, 3.8) is 0 Å². The molecule has 1 unspecified atom stereocenters. The molecule has 1 aromatic rings. The predicted octanol–water partition coefficient (Wildman–Crippen LogP) is 1.78. The van der Waals surface area contributed by atoms with Crippen LogP contribution >= 0.6 is 0 Å². The molecule has 1 rings (SSSR count).